The maximum atomic E-state index is 15.0. The summed E-state index contributed by atoms with van der Waals surface area (Å²) in [5, 5.41) is 2.76. The van der Waals surface area contributed by atoms with Crippen LogP contribution >= 0.6 is 11.3 Å². The highest BCUT2D eigenvalue weighted by Gasteiger charge is 2.14. The molecule has 1 amide bonds. The zero-order chi connectivity index (χ0) is 26.5. The van der Waals surface area contributed by atoms with Crippen LogP contribution in [0.4, 0.5) is 10.1 Å². The van der Waals surface area contributed by atoms with E-state index in [4.69, 9.17) is 4.74 Å². The fourth-order valence-electron chi connectivity index (χ4n) is 4.22. The van der Waals surface area contributed by atoms with E-state index in [9.17, 15) is 4.79 Å². The van der Waals surface area contributed by atoms with E-state index in [1.807, 2.05) is 42.5 Å². The molecular weight excluding hydrogens is 497 g/mol. The van der Waals surface area contributed by atoms with Gasteiger partial charge in [0.1, 0.15) is 5.75 Å². The van der Waals surface area contributed by atoms with Crippen LogP contribution in [0.2, 0.25) is 0 Å². The number of ether oxygens (including phenoxy) is 1. The van der Waals surface area contributed by atoms with Crippen molar-refractivity contribution in [1.82, 2.24) is 9.88 Å². The van der Waals surface area contributed by atoms with Crippen LogP contribution in [0.15, 0.2) is 91.1 Å². The van der Waals surface area contributed by atoms with Gasteiger partial charge in [-0.1, -0.05) is 56.3 Å². The number of amides is 1. The predicted octanol–water partition coefficient (Wildman–Crippen LogP) is 7.99. The minimum absolute atomic E-state index is 0.0846. The quantitative estimate of drug-likeness (QED) is 0.212. The first-order chi connectivity index (χ1) is 18.5. The zero-order valence-corrected chi connectivity index (χ0v) is 22.1. The number of halogens is 1. The lowest BCUT2D eigenvalue weighted by atomic mass is 10.0. The van der Waals surface area contributed by atoms with Crippen LogP contribution in [0, 0.1) is 5.82 Å². The molecule has 192 valence electrons. The molecule has 1 N–H and O–H groups in total. The summed E-state index contributed by atoms with van der Waals surface area (Å²) in [6.45, 7) is 7.05. The van der Waals surface area contributed by atoms with Crippen LogP contribution in [-0.4, -0.2) is 28.9 Å². The summed E-state index contributed by atoms with van der Waals surface area (Å²) < 4.78 is 21.8. The van der Waals surface area contributed by atoms with Crippen molar-refractivity contribution in [2.75, 3.05) is 18.4 Å². The summed E-state index contributed by atoms with van der Waals surface area (Å²) in [4.78, 5) is 20.7. The first-order valence-corrected chi connectivity index (χ1v) is 13.4. The van der Waals surface area contributed by atoms with E-state index in [0.29, 0.717) is 17.0 Å². The molecule has 0 bridgehead atoms. The predicted molar refractivity (Wildman–Crippen MR) is 153 cm³/mol. The molecule has 7 heteroatoms. The van der Waals surface area contributed by atoms with Gasteiger partial charge in [0.15, 0.2) is 11.6 Å². The van der Waals surface area contributed by atoms with Crippen molar-refractivity contribution in [3.63, 3.8) is 0 Å². The van der Waals surface area contributed by atoms with Crippen LogP contribution in [0.5, 0.6) is 11.5 Å². The van der Waals surface area contributed by atoms with E-state index in [0.717, 1.165) is 41.0 Å². The molecule has 0 unspecified atom stereocenters. The van der Waals surface area contributed by atoms with Crippen molar-refractivity contribution in [2.45, 2.75) is 20.4 Å². The summed E-state index contributed by atoms with van der Waals surface area (Å²) >= 11 is 1.61. The largest absolute Gasteiger partial charge is 0.453 e. The van der Waals surface area contributed by atoms with Gasteiger partial charge in [-0.05, 0) is 54.5 Å². The SMILES string of the molecule is CCN(CC)Cc1cc2nccc(Oc3ccc(NC(=O)c4ccc(-c5ccccc5)cc4)cc3F)c2s1. The molecule has 0 aliphatic rings. The Balaban J connectivity index is 1.28. The molecule has 0 radical (unpaired) electrons. The van der Waals surface area contributed by atoms with Crippen LogP contribution in [0.1, 0.15) is 29.1 Å². The number of carbonyl (C=O) groups excluding carboxylic acids is 1. The Morgan fingerprint density at radius 3 is 2.37 bits per heavy atom. The van der Waals surface area contributed by atoms with Gasteiger partial charge in [0.05, 0.1) is 10.2 Å². The van der Waals surface area contributed by atoms with E-state index in [1.54, 1.807) is 41.8 Å². The second kappa shape index (κ2) is 11.5. The lowest BCUT2D eigenvalue weighted by Crippen LogP contribution is -2.21. The van der Waals surface area contributed by atoms with Gasteiger partial charge in [0.25, 0.3) is 5.91 Å². The van der Waals surface area contributed by atoms with Crippen molar-refractivity contribution >= 4 is 33.1 Å². The van der Waals surface area contributed by atoms with E-state index >= 15 is 4.39 Å². The Hall–Kier alpha value is -4.07. The number of carbonyl (C=O) groups is 1. The maximum Gasteiger partial charge on any atom is 0.255 e. The molecule has 5 aromatic rings. The van der Waals surface area contributed by atoms with E-state index in [1.165, 1.54) is 17.0 Å². The third-order valence-corrected chi connectivity index (χ3v) is 7.49. The van der Waals surface area contributed by atoms with Gasteiger partial charge < -0.3 is 10.1 Å². The molecule has 0 aliphatic heterocycles. The minimum Gasteiger partial charge on any atom is -0.453 e. The number of benzene rings is 3. The summed E-state index contributed by atoms with van der Waals surface area (Å²) in [6, 6.07) is 25.5. The molecule has 0 saturated carbocycles. The van der Waals surface area contributed by atoms with Gasteiger partial charge >= 0.3 is 0 Å². The number of anilines is 1. The van der Waals surface area contributed by atoms with Crippen molar-refractivity contribution in [3.05, 3.63) is 107 Å². The Bertz CT molecular complexity index is 1550. The molecule has 0 atom stereocenters. The third kappa shape index (κ3) is 5.74. The molecular formula is C31H28FN3O2S. The van der Waals surface area contributed by atoms with E-state index in [-0.39, 0.29) is 11.7 Å². The van der Waals surface area contributed by atoms with Crippen molar-refractivity contribution in [2.24, 2.45) is 0 Å². The number of thiophene rings is 1. The number of hydrogen-bond donors (Lipinski definition) is 1. The fourth-order valence-corrected chi connectivity index (χ4v) is 5.32. The topological polar surface area (TPSA) is 54.5 Å². The third-order valence-electron chi connectivity index (χ3n) is 6.36. The molecule has 0 spiro atoms. The monoisotopic (exact) mass is 525 g/mol. The van der Waals surface area contributed by atoms with E-state index in [2.05, 4.69) is 35.1 Å². The minimum atomic E-state index is -0.563. The average Bonchev–Trinajstić information content (AvgIpc) is 3.37. The fraction of sp³-hybridized carbons (Fsp3) is 0.161. The van der Waals surface area contributed by atoms with Crippen LogP contribution in [0.25, 0.3) is 21.3 Å². The lowest BCUT2D eigenvalue weighted by Gasteiger charge is -2.16. The molecule has 5 rings (SSSR count). The Kier molecular flexibility index (Phi) is 7.77. The van der Waals surface area contributed by atoms with Gasteiger partial charge in [-0.25, -0.2) is 4.39 Å². The van der Waals surface area contributed by atoms with Crippen LogP contribution in [-0.2, 0) is 6.54 Å². The van der Waals surface area contributed by atoms with Crippen molar-refractivity contribution < 1.29 is 13.9 Å². The first kappa shape index (κ1) is 25.6. The number of nitrogens with zero attached hydrogens (tertiary/aromatic N) is 2. The van der Waals surface area contributed by atoms with Gasteiger partial charge in [-0.2, -0.15) is 0 Å². The standard InChI is InChI=1S/C31H28FN3O2S/c1-3-35(4-2)20-25-19-27-30(38-25)29(16-17-33-27)37-28-15-14-24(18-26(28)32)34-31(36)23-12-10-22(11-13-23)21-8-6-5-7-9-21/h5-19H,3-4,20H2,1-2H3,(H,34,36). The zero-order valence-electron chi connectivity index (χ0n) is 21.3. The number of pyridine rings is 1. The number of rotatable bonds is 9. The molecule has 0 fully saturated rings. The number of nitrogens with one attached hydrogen (secondary N) is 1. The smallest absolute Gasteiger partial charge is 0.255 e. The average molecular weight is 526 g/mol. The summed E-state index contributed by atoms with van der Waals surface area (Å²) in [5.74, 6) is -0.235. The molecule has 38 heavy (non-hydrogen) atoms. The normalized spacial score (nSPS) is 11.2. The van der Waals surface area contributed by atoms with Gasteiger partial charge in [0, 0.05) is 41.0 Å². The second-order valence-corrected chi connectivity index (χ2v) is 9.98. The Labute approximate surface area is 225 Å². The van der Waals surface area contributed by atoms with E-state index < -0.39 is 5.82 Å². The highest BCUT2D eigenvalue weighted by Crippen LogP contribution is 2.36. The molecule has 2 heterocycles. The van der Waals surface area contributed by atoms with Crippen molar-refractivity contribution in [1.29, 1.82) is 0 Å². The summed E-state index contributed by atoms with van der Waals surface area (Å²) in [7, 11) is 0. The molecule has 3 aromatic carbocycles. The second-order valence-electron chi connectivity index (χ2n) is 8.84. The van der Waals surface area contributed by atoms with Gasteiger partial charge in [-0.15, -0.1) is 11.3 Å². The number of hydrogen-bond acceptors (Lipinski definition) is 5. The Morgan fingerprint density at radius 2 is 1.66 bits per heavy atom. The maximum absolute atomic E-state index is 15.0. The van der Waals surface area contributed by atoms with Gasteiger partial charge in [-0.3, -0.25) is 14.7 Å². The highest BCUT2D eigenvalue weighted by atomic mass is 32.1. The molecule has 0 aliphatic carbocycles. The lowest BCUT2D eigenvalue weighted by molar-refractivity contribution is 0.102. The van der Waals surface area contributed by atoms with Gasteiger partial charge in [0.2, 0.25) is 0 Å². The Morgan fingerprint density at radius 1 is 0.921 bits per heavy atom. The highest BCUT2D eigenvalue weighted by molar-refractivity contribution is 7.19. The van der Waals surface area contributed by atoms with Crippen molar-refractivity contribution in [3.8, 4) is 22.6 Å². The molecule has 2 aromatic heterocycles. The summed E-state index contributed by atoms with van der Waals surface area (Å²) in [6.07, 6.45) is 1.67. The molecule has 5 nitrogen and oxygen atoms in total. The molecule has 0 saturated heterocycles. The van der Waals surface area contributed by atoms with Crippen LogP contribution in [0.3, 0.4) is 0 Å². The first-order valence-electron chi connectivity index (χ1n) is 12.6. The number of aromatic nitrogens is 1. The number of fused-ring (bicyclic) bond motifs is 1. The summed E-state index contributed by atoms with van der Waals surface area (Å²) in [5.41, 5.74) is 3.77. The van der Waals surface area contributed by atoms with Crippen LogP contribution < -0.4 is 10.1 Å².